The molecule has 0 bridgehead atoms. The molecule has 1 unspecified atom stereocenters. The van der Waals surface area contributed by atoms with E-state index in [4.69, 9.17) is 0 Å². The van der Waals surface area contributed by atoms with Gasteiger partial charge in [-0.2, -0.15) is 0 Å². The van der Waals surface area contributed by atoms with Gasteiger partial charge in [0.25, 0.3) is 0 Å². The molecule has 24 heavy (non-hydrogen) atoms. The number of benzene rings is 2. The summed E-state index contributed by atoms with van der Waals surface area (Å²) >= 11 is 0. The Balaban J connectivity index is 2.10. The van der Waals surface area contributed by atoms with E-state index >= 15 is 0 Å². The molecular weight excluding hydrogens is 334 g/mol. The average molecular weight is 354 g/mol. The standard InChI is InChI=1S/C17H20F2N2O2S/c1-21(2)15(10-13-6-4-3-5-7-13)12-20-24(22,23)17-9-8-14(18)11-16(17)19/h3-9,11,15,20H,10,12H2,1-2H3. The molecule has 0 heterocycles. The van der Waals surface area contributed by atoms with Gasteiger partial charge in [0, 0.05) is 18.7 Å². The second-order valence-electron chi connectivity index (χ2n) is 5.73. The van der Waals surface area contributed by atoms with Crippen LogP contribution in [-0.2, 0) is 16.4 Å². The molecule has 2 aromatic carbocycles. The topological polar surface area (TPSA) is 49.4 Å². The summed E-state index contributed by atoms with van der Waals surface area (Å²) in [7, 11) is -0.352. The van der Waals surface area contributed by atoms with Gasteiger partial charge in [-0.1, -0.05) is 30.3 Å². The van der Waals surface area contributed by atoms with E-state index in [0.717, 1.165) is 17.7 Å². The number of hydrogen-bond donors (Lipinski definition) is 1. The van der Waals surface area contributed by atoms with Gasteiger partial charge >= 0.3 is 0 Å². The maximum absolute atomic E-state index is 13.7. The number of halogens is 2. The van der Waals surface area contributed by atoms with E-state index in [1.54, 1.807) is 0 Å². The van der Waals surface area contributed by atoms with Crippen LogP contribution < -0.4 is 4.72 Å². The van der Waals surface area contributed by atoms with Crippen molar-refractivity contribution in [3.8, 4) is 0 Å². The summed E-state index contributed by atoms with van der Waals surface area (Å²) in [6.45, 7) is 0.112. The molecule has 0 spiro atoms. The van der Waals surface area contributed by atoms with Crippen LogP contribution in [0.15, 0.2) is 53.4 Å². The van der Waals surface area contributed by atoms with Crippen LogP contribution in [0.1, 0.15) is 5.56 Å². The van der Waals surface area contributed by atoms with Crippen molar-refractivity contribution in [3.05, 3.63) is 65.7 Å². The average Bonchev–Trinajstić information content (AvgIpc) is 2.51. The molecule has 0 fully saturated rings. The predicted molar refractivity (Wildman–Crippen MR) is 89.2 cm³/mol. The lowest BCUT2D eigenvalue weighted by Crippen LogP contribution is -2.41. The van der Waals surface area contributed by atoms with Crippen LogP contribution in [0.3, 0.4) is 0 Å². The molecule has 0 saturated heterocycles. The third kappa shape index (κ3) is 4.83. The lowest BCUT2D eigenvalue weighted by molar-refractivity contribution is 0.291. The van der Waals surface area contributed by atoms with Gasteiger partial charge in [0.15, 0.2) is 0 Å². The zero-order chi connectivity index (χ0) is 17.7. The number of likely N-dealkylation sites (N-methyl/N-ethyl adjacent to an activating group) is 1. The van der Waals surface area contributed by atoms with E-state index in [2.05, 4.69) is 4.72 Å². The first-order valence-corrected chi connectivity index (χ1v) is 8.93. The maximum atomic E-state index is 13.7. The molecule has 0 radical (unpaired) electrons. The van der Waals surface area contributed by atoms with E-state index < -0.39 is 26.6 Å². The molecule has 0 aliphatic rings. The van der Waals surface area contributed by atoms with Crippen molar-refractivity contribution < 1.29 is 17.2 Å². The van der Waals surface area contributed by atoms with Crippen molar-refractivity contribution in [3.63, 3.8) is 0 Å². The van der Waals surface area contributed by atoms with Crippen LogP contribution in [0.4, 0.5) is 8.78 Å². The summed E-state index contributed by atoms with van der Waals surface area (Å²) < 4.78 is 53.6. The fraction of sp³-hybridized carbons (Fsp3) is 0.294. The number of sulfonamides is 1. The molecule has 0 aliphatic heterocycles. The molecule has 7 heteroatoms. The van der Waals surface area contributed by atoms with Gasteiger partial charge in [0.1, 0.15) is 16.5 Å². The Kier molecular flexibility index (Phi) is 6.04. The largest absolute Gasteiger partial charge is 0.305 e. The first-order chi connectivity index (χ1) is 11.3. The summed E-state index contributed by atoms with van der Waals surface area (Å²) in [5.74, 6) is -1.92. The summed E-state index contributed by atoms with van der Waals surface area (Å²) in [6, 6.07) is 12.0. The minimum Gasteiger partial charge on any atom is -0.305 e. The highest BCUT2D eigenvalue weighted by Gasteiger charge is 2.22. The number of hydrogen-bond acceptors (Lipinski definition) is 3. The minimum atomic E-state index is -4.05. The van der Waals surface area contributed by atoms with Crippen LogP contribution >= 0.6 is 0 Å². The van der Waals surface area contributed by atoms with E-state index in [1.807, 2.05) is 49.3 Å². The van der Waals surface area contributed by atoms with Gasteiger partial charge in [-0.3, -0.25) is 0 Å². The zero-order valence-electron chi connectivity index (χ0n) is 13.5. The fourth-order valence-electron chi connectivity index (χ4n) is 2.30. The Bertz CT molecular complexity index is 780. The van der Waals surface area contributed by atoms with E-state index in [-0.39, 0.29) is 12.6 Å². The molecule has 1 atom stereocenters. The Morgan fingerprint density at radius 3 is 2.33 bits per heavy atom. The molecule has 1 N–H and O–H groups in total. The zero-order valence-corrected chi connectivity index (χ0v) is 14.4. The van der Waals surface area contributed by atoms with Gasteiger partial charge in [-0.15, -0.1) is 0 Å². The Morgan fingerprint density at radius 1 is 1.08 bits per heavy atom. The summed E-state index contributed by atoms with van der Waals surface area (Å²) in [6.07, 6.45) is 0.641. The highest BCUT2D eigenvalue weighted by atomic mass is 32.2. The first-order valence-electron chi connectivity index (χ1n) is 7.44. The minimum absolute atomic E-state index is 0.106. The van der Waals surface area contributed by atoms with E-state index in [0.29, 0.717) is 12.5 Å². The number of nitrogens with one attached hydrogen (secondary N) is 1. The molecule has 2 aromatic rings. The van der Waals surface area contributed by atoms with Crippen molar-refractivity contribution in [2.45, 2.75) is 17.4 Å². The molecular formula is C17H20F2N2O2S. The summed E-state index contributed by atoms with van der Waals surface area (Å²) in [5.41, 5.74) is 1.07. The van der Waals surface area contributed by atoms with Crippen LogP contribution in [-0.4, -0.2) is 40.0 Å². The third-order valence-corrected chi connectivity index (χ3v) is 5.19. The van der Waals surface area contributed by atoms with E-state index in [1.165, 1.54) is 0 Å². The first kappa shape index (κ1) is 18.5. The van der Waals surface area contributed by atoms with Crippen molar-refractivity contribution in [1.29, 1.82) is 0 Å². The Labute approximate surface area is 141 Å². The van der Waals surface area contributed by atoms with Crippen LogP contribution in [0.5, 0.6) is 0 Å². The second-order valence-corrected chi connectivity index (χ2v) is 7.47. The lowest BCUT2D eigenvalue weighted by atomic mass is 10.1. The SMILES string of the molecule is CN(C)C(CNS(=O)(=O)c1ccc(F)cc1F)Cc1ccccc1. The van der Waals surface area contributed by atoms with Gasteiger partial charge < -0.3 is 4.90 Å². The van der Waals surface area contributed by atoms with Crippen molar-refractivity contribution >= 4 is 10.0 Å². The lowest BCUT2D eigenvalue weighted by Gasteiger charge is -2.24. The van der Waals surface area contributed by atoms with Crippen molar-refractivity contribution in [2.24, 2.45) is 0 Å². The van der Waals surface area contributed by atoms with Gasteiger partial charge in [-0.05, 0) is 38.2 Å². The summed E-state index contributed by atoms with van der Waals surface area (Å²) in [5, 5.41) is 0. The highest BCUT2D eigenvalue weighted by molar-refractivity contribution is 7.89. The molecule has 2 rings (SSSR count). The monoisotopic (exact) mass is 354 g/mol. The van der Waals surface area contributed by atoms with Gasteiger partial charge in [-0.25, -0.2) is 21.9 Å². The molecule has 0 saturated carbocycles. The molecule has 0 aliphatic carbocycles. The van der Waals surface area contributed by atoms with E-state index in [9.17, 15) is 17.2 Å². The smallest absolute Gasteiger partial charge is 0.243 e. The fourth-order valence-corrected chi connectivity index (χ4v) is 3.43. The quantitative estimate of drug-likeness (QED) is 0.831. The normalized spacial score (nSPS) is 13.2. The molecule has 0 aromatic heterocycles. The number of nitrogens with zero attached hydrogens (tertiary/aromatic N) is 1. The highest BCUT2D eigenvalue weighted by Crippen LogP contribution is 2.15. The van der Waals surface area contributed by atoms with Gasteiger partial charge in [0.05, 0.1) is 0 Å². The van der Waals surface area contributed by atoms with Gasteiger partial charge in [0.2, 0.25) is 10.0 Å². The van der Waals surface area contributed by atoms with Crippen LogP contribution in [0.25, 0.3) is 0 Å². The Morgan fingerprint density at radius 2 is 1.75 bits per heavy atom. The van der Waals surface area contributed by atoms with Crippen LogP contribution in [0, 0.1) is 11.6 Å². The second kappa shape index (κ2) is 7.83. The molecule has 4 nitrogen and oxygen atoms in total. The van der Waals surface area contributed by atoms with Crippen molar-refractivity contribution in [2.75, 3.05) is 20.6 Å². The Hall–Kier alpha value is -1.83. The third-order valence-electron chi connectivity index (χ3n) is 3.74. The number of rotatable bonds is 7. The van der Waals surface area contributed by atoms with Crippen LogP contribution in [0.2, 0.25) is 0 Å². The molecule has 0 amide bonds. The predicted octanol–water partition coefficient (Wildman–Crippen LogP) is 2.42. The van der Waals surface area contributed by atoms with Crippen molar-refractivity contribution in [1.82, 2.24) is 9.62 Å². The maximum Gasteiger partial charge on any atom is 0.243 e. The molecule has 130 valence electrons. The summed E-state index contributed by atoms with van der Waals surface area (Å²) in [4.78, 5) is 1.34.